The summed E-state index contributed by atoms with van der Waals surface area (Å²) in [6.45, 7) is 3.21. The molecular weight excluding hydrogens is 309 g/mol. The Balaban J connectivity index is 2.51. The van der Waals surface area contributed by atoms with Crippen LogP contribution in [0.1, 0.15) is 21.5 Å². The minimum absolute atomic E-state index is 0.0674. The van der Waals surface area contributed by atoms with Crippen LogP contribution in [0.3, 0.4) is 0 Å². The Hall–Kier alpha value is -2.41. The van der Waals surface area contributed by atoms with Crippen LogP contribution in [-0.4, -0.2) is 19.5 Å². The molecule has 0 saturated heterocycles. The lowest BCUT2D eigenvalue weighted by molar-refractivity contribution is 0.0696. The van der Waals surface area contributed by atoms with Crippen molar-refractivity contribution in [3.8, 4) is 0 Å². The fourth-order valence-corrected chi connectivity index (χ4v) is 3.39. The average Bonchev–Trinajstić information content (AvgIpc) is 2.40. The number of aromatic carboxylic acids is 1. The number of anilines is 1. The predicted octanol–water partition coefficient (Wildman–Crippen LogP) is 2.94. The van der Waals surface area contributed by atoms with Crippen molar-refractivity contribution < 1.29 is 22.7 Å². The van der Waals surface area contributed by atoms with E-state index in [1.165, 1.54) is 24.3 Å². The lowest BCUT2D eigenvalue weighted by atomic mass is 10.1. The van der Waals surface area contributed by atoms with Gasteiger partial charge in [-0.05, 0) is 55.3 Å². The number of nitrogens with one attached hydrogen (secondary N) is 1. The second kappa shape index (κ2) is 5.76. The van der Waals surface area contributed by atoms with Crippen LogP contribution in [0.5, 0.6) is 0 Å². The molecule has 0 atom stereocenters. The third-order valence-electron chi connectivity index (χ3n) is 3.23. The van der Waals surface area contributed by atoms with E-state index in [1.54, 1.807) is 13.8 Å². The van der Waals surface area contributed by atoms with Gasteiger partial charge in [0.2, 0.25) is 0 Å². The van der Waals surface area contributed by atoms with Crippen LogP contribution in [0, 0.1) is 19.7 Å². The molecule has 0 radical (unpaired) electrons. The van der Waals surface area contributed by atoms with Gasteiger partial charge in [-0.25, -0.2) is 17.6 Å². The highest BCUT2D eigenvalue weighted by Gasteiger charge is 2.21. The average molecular weight is 323 g/mol. The van der Waals surface area contributed by atoms with Gasteiger partial charge in [0.1, 0.15) is 5.82 Å². The van der Waals surface area contributed by atoms with Crippen molar-refractivity contribution in [2.75, 3.05) is 4.72 Å². The number of carboxylic acids is 1. The van der Waals surface area contributed by atoms with Gasteiger partial charge in [-0.3, -0.25) is 4.72 Å². The summed E-state index contributed by atoms with van der Waals surface area (Å²) in [4.78, 5) is 10.9. The van der Waals surface area contributed by atoms with E-state index in [2.05, 4.69) is 4.72 Å². The highest BCUT2D eigenvalue weighted by Crippen LogP contribution is 2.24. The van der Waals surface area contributed by atoms with Gasteiger partial charge >= 0.3 is 5.97 Å². The van der Waals surface area contributed by atoms with Crippen molar-refractivity contribution in [3.05, 3.63) is 58.9 Å². The Kier molecular flexibility index (Phi) is 4.18. The molecule has 0 saturated carbocycles. The number of halogens is 1. The van der Waals surface area contributed by atoms with Crippen LogP contribution in [0.25, 0.3) is 0 Å². The lowest BCUT2D eigenvalue weighted by Gasteiger charge is -2.13. The molecular formula is C15H14FNO4S. The van der Waals surface area contributed by atoms with Crippen LogP contribution < -0.4 is 4.72 Å². The van der Waals surface area contributed by atoms with Crippen molar-refractivity contribution in [1.82, 2.24) is 0 Å². The summed E-state index contributed by atoms with van der Waals surface area (Å²) >= 11 is 0. The summed E-state index contributed by atoms with van der Waals surface area (Å²) in [6.07, 6.45) is 0. The molecule has 116 valence electrons. The molecule has 0 fully saturated rings. The molecule has 0 aliphatic heterocycles. The summed E-state index contributed by atoms with van der Waals surface area (Å²) in [5.41, 5.74) is 0.925. The Morgan fingerprint density at radius 3 is 2.45 bits per heavy atom. The highest BCUT2D eigenvalue weighted by atomic mass is 32.2. The van der Waals surface area contributed by atoms with Gasteiger partial charge in [-0.2, -0.15) is 0 Å². The molecule has 22 heavy (non-hydrogen) atoms. The molecule has 0 aromatic heterocycles. The zero-order valence-electron chi connectivity index (χ0n) is 11.9. The number of hydrogen-bond acceptors (Lipinski definition) is 3. The van der Waals surface area contributed by atoms with Crippen molar-refractivity contribution in [2.24, 2.45) is 0 Å². The maximum atomic E-state index is 13.1. The number of carboxylic acid groups (broad SMARTS) is 1. The Labute approximate surface area is 127 Å². The number of hydrogen-bond donors (Lipinski definition) is 2. The maximum Gasteiger partial charge on any atom is 0.335 e. The van der Waals surface area contributed by atoms with E-state index < -0.39 is 21.8 Å². The molecule has 0 unspecified atom stereocenters. The summed E-state index contributed by atoms with van der Waals surface area (Å²) in [5, 5.41) is 9.05. The van der Waals surface area contributed by atoms with Crippen LogP contribution in [0.15, 0.2) is 41.3 Å². The molecule has 0 amide bonds. The molecule has 2 aromatic rings. The monoisotopic (exact) mass is 323 g/mol. The molecule has 7 heteroatoms. The Bertz CT molecular complexity index is 847. The maximum absolute atomic E-state index is 13.1. The molecule has 0 aliphatic carbocycles. The zero-order chi connectivity index (χ0) is 16.5. The van der Waals surface area contributed by atoms with E-state index in [0.717, 1.165) is 12.1 Å². The standard InChI is InChI=1S/C15H14FNO4S/c1-9-6-11(15(18)19)7-14(10(9)2)22(20,21)17-13-5-3-4-12(16)8-13/h3-8,17H,1-2H3,(H,18,19). The van der Waals surface area contributed by atoms with Crippen molar-refractivity contribution >= 4 is 21.7 Å². The van der Waals surface area contributed by atoms with E-state index in [9.17, 15) is 17.6 Å². The van der Waals surface area contributed by atoms with E-state index in [1.807, 2.05) is 0 Å². The van der Waals surface area contributed by atoms with E-state index >= 15 is 0 Å². The first-order valence-corrected chi connectivity index (χ1v) is 7.82. The number of rotatable bonds is 4. The largest absolute Gasteiger partial charge is 0.478 e. The van der Waals surface area contributed by atoms with E-state index in [0.29, 0.717) is 11.1 Å². The van der Waals surface area contributed by atoms with Gasteiger partial charge in [0, 0.05) is 0 Å². The summed E-state index contributed by atoms with van der Waals surface area (Å²) in [7, 11) is -4.02. The molecule has 0 heterocycles. The number of carbonyl (C=O) groups is 1. The Morgan fingerprint density at radius 2 is 1.86 bits per heavy atom. The van der Waals surface area contributed by atoms with Gasteiger partial charge in [0.25, 0.3) is 10.0 Å². The number of benzene rings is 2. The third-order valence-corrected chi connectivity index (χ3v) is 4.74. The summed E-state index contributed by atoms with van der Waals surface area (Å²) < 4.78 is 40.3. The minimum Gasteiger partial charge on any atom is -0.478 e. The first kappa shape index (κ1) is 16.0. The topological polar surface area (TPSA) is 83.5 Å². The number of sulfonamides is 1. The fraction of sp³-hybridized carbons (Fsp3) is 0.133. The zero-order valence-corrected chi connectivity index (χ0v) is 12.7. The smallest absolute Gasteiger partial charge is 0.335 e. The molecule has 2 aromatic carbocycles. The van der Waals surface area contributed by atoms with Gasteiger partial charge in [0.05, 0.1) is 16.1 Å². The van der Waals surface area contributed by atoms with Crippen LogP contribution in [0.2, 0.25) is 0 Å². The quantitative estimate of drug-likeness (QED) is 0.906. The van der Waals surface area contributed by atoms with E-state index in [-0.39, 0.29) is 16.1 Å². The lowest BCUT2D eigenvalue weighted by Crippen LogP contribution is -2.16. The van der Waals surface area contributed by atoms with Crippen molar-refractivity contribution in [3.63, 3.8) is 0 Å². The fourth-order valence-electron chi connectivity index (χ4n) is 1.99. The molecule has 0 aliphatic rings. The third kappa shape index (κ3) is 3.25. The molecule has 0 spiro atoms. The normalized spacial score (nSPS) is 11.2. The molecule has 2 rings (SSSR count). The van der Waals surface area contributed by atoms with Gasteiger partial charge in [0.15, 0.2) is 0 Å². The van der Waals surface area contributed by atoms with Crippen LogP contribution in [0.4, 0.5) is 10.1 Å². The molecule has 5 nitrogen and oxygen atoms in total. The second-order valence-electron chi connectivity index (χ2n) is 4.84. The highest BCUT2D eigenvalue weighted by molar-refractivity contribution is 7.92. The van der Waals surface area contributed by atoms with Gasteiger partial charge in [-0.1, -0.05) is 6.07 Å². The SMILES string of the molecule is Cc1cc(C(=O)O)cc(S(=O)(=O)Nc2cccc(F)c2)c1C. The summed E-state index contributed by atoms with van der Waals surface area (Å²) in [5.74, 6) is -1.79. The van der Waals surface area contributed by atoms with Gasteiger partial charge < -0.3 is 5.11 Å². The molecule has 2 N–H and O–H groups in total. The number of aryl methyl sites for hydroxylation is 1. The van der Waals surface area contributed by atoms with E-state index in [4.69, 9.17) is 5.11 Å². The molecule has 0 bridgehead atoms. The second-order valence-corrected chi connectivity index (χ2v) is 6.49. The van der Waals surface area contributed by atoms with Crippen LogP contribution in [-0.2, 0) is 10.0 Å². The first-order valence-electron chi connectivity index (χ1n) is 6.33. The van der Waals surface area contributed by atoms with Gasteiger partial charge in [-0.15, -0.1) is 0 Å². The minimum atomic E-state index is -4.02. The van der Waals surface area contributed by atoms with Crippen LogP contribution >= 0.6 is 0 Å². The Morgan fingerprint density at radius 1 is 1.18 bits per heavy atom. The van der Waals surface area contributed by atoms with Crippen molar-refractivity contribution in [1.29, 1.82) is 0 Å². The van der Waals surface area contributed by atoms with Crippen molar-refractivity contribution in [2.45, 2.75) is 18.7 Å². The predicted molar refractivity (Wildman–Crippen MR) is 80.1 cm³/mol. The summed E-state index contributed by atoms with van der Waals surface area (Å²) in [6, 6.07) is 7.51. The first-order chi connectivity index (χ1) is 10.2.